The second-order valence-corrected chi connectivity index (χ2v) is 9.74. The molecular formula is C23H46KNO4. The number of hydrogen-bond donors (Lipinski definition) is 3. The van der Waals surface area contributed by atoms with Crippen LogP contribution in [0.2, 0.25) is 0.515 Å². The van der Waals surface area contributed by atoms with Gasteiger partial charge in [-0.25, -0.2) is 0 Å². The largest absolute Gasteiger partial charge is 0.481 e. The first-order valence-corrected chi connectivity index (χ1v) is 14.4. The number of carbonyl (C=O) groups is 2. The van der Waals surface area contributed by atoms with Crippen LogP contribution in [0.15, 0.2) is 0 Å². The van der Waals surface area contributed by atoms with Crippen LogP contribution in [0.1, 0.15) is 122 Å². The van der Waals surface area contributed by atoms with Gasteiger partial charge in [0.2, 0.25) is 0 Å². The molecule has 0 rings (SSSR count). The summed E-state index contributed by atoms with van der Waals surface area (Å²) in [4.78, 5) is 19.9. The Morgan fingerprint density at radius 3 is 1.34 bits per heavy atom. The molecule has 5 nitrogen and oxygen atoms in total. The zero-order chi connectivity index (χ0) is 22.2. The van der Waals surface area contributed by atoms with Crippen LogP contribution in [-0.4, -0.2) is 77.1 Å². The summed E-state index contributed by atoms with van der Waals surface area (Å²) in [6.07, 6.45) is 23.6. The molecule has 0 spiro atoms. The predicted molar refractivity (Wildman–Crippen MR) is 123 cm³/mol. The molecular weight excluding hydrogens is 393 g/mol. The first-order valence-electron chi connectivity index (χ1n) is 12.2. The first-order chi connectivity index (χ1) is 14.0. The second-order valence-electron chi connectivity index (χ2n) is 8.18. The van der Waals surface area contributed by atoms with Crippen molar-refractivity contribution in [1.82, 2.24) is 0 Å². The summed E-state index contributed by atoms with van der Waals surface area (Å²) >= 11 is 1.10. The van der Waals surface area contributed by atoms with Crippen LogP contribution >= 0.6 is 0 Å². The van der Waals surface area contributed by atoms with Crippen LogP contribution in [0.3, 0.4) is 0 Å². The Kier molecular flexibility index (Phi) is 29.1. The van der Waals surface area contributed by atoms with Gasteiger partial charge in [0.25, 0.3) is 0 Å². The van der Waals surface area contributed by atoms with Crippen molar-refractivity contribution in [3.63, 3.8) is 0 Å². The van der Waals surface area contributed by atoms with Crippen LogP contribution in [-0.2, 0) is 9.59 Å². The molecule has 0 aliphatic carbocycles. The van der Waals surface area contributed by atoms with Crippen molar-refractivity contribution in [2.24, 2.45) is 5.73 Å². The number of hydrogen-bond acceptors (Lipinski definition) is 3. The number of carboxylic acid groups (broad SMARTS) is 2. The van der Waals surface area contributed by atoms with Crippen molar-refractivity contribution in [3.05, 3.63) is 0 Å². The van der Waals surface area contributed by atoms with E-state index in [2.05, 4.69) is 6.92 Å². The van der Waals surface area contributed by atoms with E-state index in [4.69, 9.17) is 15.9 Å². The third-order valence-corrected chi connectivity index (χ3v) is 6.30. The van der Waals surface area contributed by atoms with E-state index in [1.807, 2.05) is 0 Å². The smallest absolute Gasteiger partial charge is 0.320 e. The maximum Gasteiger partial charge on any atom is 0.320 e. The minimum Gasteiger partial charge on any atom is -0.481 e. The Hall–Kier alpha value is 0.536. The number of rotatable bonds is 20. The van der Waals surface area contributed by atoms with Gasteiger partial charge in [-0.1, -0.05) is 39.0 Å². The number of nitrogens with two attached hydrogens (primary N) is 1. The molecule has 0 aliphatic rings. The molecule has 0 saturated carbocycles. The van der Waals surface area contributed by atoms with Crippen molar-refractivity contribution in [1.29, 1.82) is 0 Å². The number of carboxylic acids is 2. The summed E-state index contributed by atoms with van der Waals surface area (Å²) in [5.41, 5.74) is 5.00. The topological polar surface area (TPSA) is 101 Å². The summed E-state index contributed by atoms with van der Waals surface area (Å²) in [6, 6.07) is -1.06. The van der Waals surface area contributed by atoms with Crippen LogP contribution in [0, 0.1) is 0 Å². The minimum absolute atomic E-state index is 0.0231. The fourth-order valence-electron chi connectivity index (χ4n) is 3.20. The van der Waals surface area contributed by atoms with Gasteiger partial charge in [-0.3, -0.25) is 9.59 Å². The van der Waals surface area contributed by atoms with Crippen LogP contribution < -0.4 is 5.73 Å². The van der Waals surface area contributed by atoms with Gasteiger partial charge in [0.05, 0.1) is 0 Å². The van der Waals surface area contributed by atoms with Crippen LogP contribution in [0.25, 0.3) is 0 Å². The van der Waals surface area contributed by atoms with Gasteiger partial charge in [0, 0.05) is 6.42 Å². The average Bonchev–Trinajstić information content (AvgIpc) is 2.69. The predicted octanol–water partition coefficient (Wildman–Crippen LogP) is 6.10. The SMILES string of the molecule is CCCCCCCCCCCCCCCCC[CH2][K].NC(CCC(=O)O)C(=O)O. The monoisotopic (exact) mass is 439 g/mol. The summed E-state index contributed by atoms with van der Waals surface area (Å²) < 4.78 is 1.56. The molecule has 1 unspecified atom stereocenters. The molecule has 0 aromatic rings. The van der Waals surface area contributed by atoms with Gasteiger partial charge >= 0.3 is 132 Å². The van der Waals surface area contributed by atoms with Crippen molar-refractivity contribution in [2.75, 3.05) is 0 Å². The first kappa shape index (κ1) is 31.7. The molecule has 4 N–H and O–H groups in total. The summed E-state index contributed by atoms with van der Waals surface area (Å²) in [7, 11) is 0. The molecule has 1 atom stereocenters. The van der Waals surface area contributed by atoms with Crippen LogP contribution in [0.5, 0.6) is 0 Å². The van der Waals surface area contributed by atoms with Crippen molar-refractivity contribution in [3.8, 4) is 0 Å². The normalized spacial score (nSPS) is 11.6. The van der Waals surface area contributed by atoms with E-state index < -0.39 is 18.0 Å². The van der Waals surface area contributed by atoms with E-state index in [1.165, 1.54) is 103 Å². The average molecular weight is 440 g/mol. The van der Waals surface area contributed by atoms with E-state index in [0.29, 0.717) is 0 Å². The second kappa shape index (κ2) is 26.6. The Morgan fingerprint density at radius 1 is 0.724 bits per heavy atom. The molecule has 0 aromatic heterocycles. The van der Waals surface area contributed by atoms with E-state index in [1.54, 1.807) is 0.515 Å². The van der Waals surface area contributed by atoms with Gasteiger partial charge in [-0.05, 0) is 6.42 Å². The maximum atomic E-state index is 9.99. The van der Waals surface area contributed by atoms with Gasteiger partial charge in [-0.2, -0.15) is 0 Å². The molecule has 6 heteroatoms. The zero-order valence-corrected chi connectivity index (χ0v) is 22.4. The Balaban J connectivity index is 0. The molecule has 29 heavy (non-hydrogen) atoms. The van der Waals surface area contributed by atoms with Gasteiger partial charge < -0.3 is 15.9 Å². The number of aliphatic carboxylic acids is 2. The molecule has 0 aromatic carbocycles. The molecule has 0 fully saturated rings. The molecule has 0 heterocycles. The Morgan fingerprint density at radius 2 is 1.07 bits per heavy atom. The Labute approximate surface area is 213 Å². The summed E-state index contributed by atoms with van der Waals surface area (Å²) in [5.74, 6) is -2.20. The quantitative estimate of drug-likeness (QED) is 0.157. The van der Waals surface area contributed by atoms with E-state index in [0.717, 1.165) is 49.0 Å². The van der Waals surface area contributed by atoms with Crippen molar-refractivity contribution < 1.29 is 19.8 Å². The van der Waals surface area contributed by atoms with Crippen LogP contribution in [0.4, 0.5) is 0 Å². The molecule has 0 bridgehead atoms. The zero-order valence-electron chi connectivity index (χ0n) is 19.3. The molecule has 0 amide bonds. The van der Waals surface area contributed by atoms with Gasteiger partial charge in [0.1, 0.15) is 6.04 Å². The molecule has 0 saturated heterocycles. The third-order valence-electron chi connectivity index (χ3n) is 5.19. The maximum absolute atomic E-state index is 9.99. The van der Waals surface area contributed by atoms with Gasteiger partial charge in [-0.15, -0.1) is 0 Å². The van der Waals surface area contributed by atoms with Gasteiger partial charge in [0.15, 0.2) is 0 Å². The Bertz CT molecular complexity index is 351. The summed E-state index contributed by atoms with van der Waals surface area (Å²) in [6.45, 7) is 2.30. The van der Waals surface area contributed by atoms with E-state index in [-0.39, 0.29) is 12.8 Å². The van der Waals surface area contributed by atoms with E-state index >= 15 is 0 Å². The fraction of sp³-hybridized carbons (Fsp3) is 0.913. The summed E-state index contributed by atoms with van der Waals surface area (Å²) in [5, 5.41) is 16.3. The van der Waals surface area contributed by atoms with Crippen molar-refractivity contribution >= 4 is 60.9 Å². The third kappa shape index (κ3) is 30.8. The standard InChI is InChI=1S/C18H37.C5H9NO4.K/c1-3-5-7-9-11-13-15-17-18-16-14-12-10-8-6-4-2;6-3(5(9)10)1-2-4(7)8;/h1,3-18H2,2H3;3H,1-2,6H2,(H,7,8)(H,9,10);. The number of unbranched alkanes of at least 4 members (excludes halogenated alkanes) is 15. The molecule has 168 valence electrons. The van der Waals surface area contributed by atoms with Crippen molar-refractivity contribution in [2.45, 2.75) is 129 Å². The molecule has 0 aliphatic heterocycles. The van der Waals surface area contributed by atoms with E-state index in [9.17, 15) is 9.59 Å². The fourth-order valence-corrected chi connectivity index (χ4v) is 3.98. The minimum atomic E-state index is -1.17. The molecule has 0 radical (unpaired) electrons.